The van der Waals surface area contributed by atoms with Crippen LogP contribution in [0.25, 0.3) is 0 Å². The molecule has 2 aliphatic rings. The molecule has 3 atom stereocenters. The number of rotatable bonds is 3. The SMILES string of the molecule is CC1COC(CCl)CN1CC1CCOC1. The normalized spacial score (nSPS) is 38.4. The van der Waals surface area contributed by atoms with Crippen LogP contribution < -0.4 is 0 Å². The molecule has 0 aromatic heterocycles. The Morgan fingerprint density at radius 1 is 1.40 bits per heavy atom. The van der Waals surface area contributed by atoms with Crippen molar-refractivity contribution in [3.05, 3.63) is 0 Å². The van der Waals surface area contributed by atoms with Gasteiger partial charge in [-0.05, 0) is 19.3 Å². The maximum atomic E-state index is 5.83. The fraction of sp³-hybridized carbons (Fsp3) is 1.00. The van der Waals surface area contributed by atoms with E-state index in [0.29, 0.717) is 17.8 Å². The average molecular weight is 234 g/mol. The van der Waals surface area contributed by atoms with Gasteiger partial charge in [-0.2, -0.15) is 0 Å². The minimum atomic E-state index is 0.213. The van der Waals surface area contributed by atoms with Crippen LogP contribution in [0.2, 0.25) is 0 Å². The van der Waals surface area contributed by atoms with Gasteiger partial charge >= 0.3 is 0 Å². The van der Waals surface area contributed by atoms with Crippen molar-refractivity contribution in [1.82, 2.24) is 4.90 Å². The Balaban J connectivity index is 1.82. The fourth-order valence-corrected chi connectivity index (χ4v) is 2.47. The Morgan fingerprint density at radius 2 is 2.27 bits per heavy atom. The average Bonchev–Trinajstić information content (AvgIpc) is 2.74. The predicted molar refractivity (Wildman–Crippen MR) is 60.4 cm³/mol. The Labute approximate surface area is 96.7 Å². The molecule has 0 amide bonds. The van der Waals surface area contributed by atoms with Crippen molar-refractivity contribution in [3.8, 4) is 0 Å². The zero-order valence-corrected chi connectivity index (χ0v) is 10.1. The van der Waals surface area contributed by atoms with E-state index < -0.39 is 0 Å². The molecule has 4 heteroatoms. The summed E-state index contributed by atoms with van der Waals surface area (Å²) in [5.41, 5.74) is 0. The molecular weight excluding hydrogens is 214 g/mol. The topological polar surface area (TPSA) is 21.7 Å². The Kier molecular flexibility index (Phi) is 4.26. The molecule has 2 fully saturated rings. The highest BCUT2D eigenvalue weighted by molar-refractivity contribution is 6.18. The van der Waals surface area contributed by atoms with Crippen LogP contribution in [0.3, 0.4) is 0 Å². The number of morpholine rings is 1. The van der Waals surface area contributed by atoms with E-state index in [-0.39, 0.29) is 6.10 Å². The number of nitrogens with zero attached hydrogens (tertiary/aromatic N) is 1. The maximum Gasteiger partial charge on any atom is 0.0837 e. The molecule has 0 aliphatic carbocycles. The summed E-state index contributed by atoms with van der Waals surface area (Å²) in [5, 5.41) is 0. The summed E-state index contributed by atoms with van der Waals surface area (Å²) in [6.07, 6.45) is 1.42. The van der Waals surface area contributed by atoms with Crippen molar-refractivity contribution in [2.24, 2.45) is 5.92 Å². The molecule has 0 N–H and O–H groups in total. The minimum Gasteiger partial charge on any atom is -0.381 e. The summed E-state index contributed by atoms with van der Waals surface area (Å²) in [6.45, 7) is 7.00. The van der Waals surface area contributed by atoms with Gasteiger partial charge in [0.15, 0.2) is 0 Å². The molecule has 3 unspecified atom stereocenters. The van der Waals surface area contributed by atoms with Gasteiger partial charge in [0, 0.05) is 31.6 Å². The summed E-state index contributed by atoms with van der Waals surface area (Å²) in [6, 6.07) is 0.519. The van der Waals surface area contributed by atoms with Crippen molar-refractivity contribution in [1.29, 1.82) is 0 Å². The second kappa shape index (κ2) is 5.48. The molecular formula is C11H20ClNO2. The van der Waals surface area contributed by atoms with Crippen molar-refractivity contribution in [2.45, 2.75) is 25.5 Å². The highest BCUT2D eigenvalue weighted by Gasteiger charge is 2.28. The van der Waals surface area contributed by atoms with Crippen LogP contribution in [0.1, 0.15) is 13.3 Å². The van der Waals surface area contributed by atoms with Gasteiger partial charge in [-0.1, -0.05) is 0 Å². The predicted octanol–water partition coefficient (Wildman–Crippen LogP) is 1.35. The second-order valence-electron chi connectivity index (χ2n) is 4.64. The van der Waals surface area contributed by atoms with Crippen LogP contribution >= 0.6 is 11.6 Å². The molecule has 2 heterocycles. The lowest BCUT2D eigenvalue weighted by Gasteiger charge is -2.38. The van der Waals surface area contributed by atoms with E-state index in [1.807, 2.05) is 0 Å². The highest BCUT2D eigenvalue weighted by atomic mass is 35.5. The smallest absolute Gasteiger partial charge is 0.0837 e. The number of halogens is 1. The molecule has 0 radical (unpaired) electrons. The van der Waals surface area contributed by atoms with E-state index in [1.54, 1.807) is 0 Å². The van der Waals surface area contributed by atoms with Crippen molar-refractivity contribution in [2.75, 3.05) is 38.8 Å². The summed E-state index contributed by atoms with van der Waals surface area (Å²) in [7, 11) is 0. The van der Waals surface area contributed by atoms with Crippen LogP contribution in [-0.4, -0.2) is 55.8 Å². The fourth-order valence-electron chi connectivity index (χ4n) is 2.28. The van der Waals surface area contributed by atoms with Gasteiger partial charge < -0.3 is 9.47 Å². The summed E-state index contributed by atoms with van der Waals surface area (Å²) in [4.78, 5) is 2.50. The minimum absolute atomic E-state index is 0.213. The largest absolute Gasteiger partial charge is 0.381 e. The van der Waals surface area contributed by atoms with Gasteiger partial charge in [-0.25, -0.2) is 0 Å². The third-order valence-corrected chi connectivity index (χ3v) is 3.67. The maximum absolute atomic E-state index is 5.83. The summed E-state index contributed by atoms with van der Waals surface area (Å²) >= 11 is 5.83. The summed E-state index contributed by atoms with van der Waals surface area (Å²) in [5.74, 6) is 1.31. The van der Waals surface area contributed by atoms with Crippen LogP contribution in [0.5, 0.6) is 0 Å². The van der Waals surface area contributed by atoms with Crippen molar-refractivity contribution < 1.29 is 9.47 Å². The van der Waals surface area contributed by atoms with Gasteiger partial charge in [-0.3, -0.25) is 4.90 Å². The molecule has 0 saturated carbocycles. The number of alkyl halides is 1. The first-order valence-electron chi connectivity index (χ1n) is 5.79. The van der Waals surface area contributed by atoms with Crippen molar-refractivity contribution >= 4 is 11.6 Å². The zero-order chi connectivity index (χ0) is 10.7. The highest BCUT2D eigenvalue weighted by Crippen LogP contribution is 2.19. The standard InChI is InChI=1S/C11H20ClNO2/c1-9-7-15-11(4-12)6-13(9)5-10-2-3-14-8-10/h9-11H,2-8H2,1H3. The first-order chi connectivity index (χ1) is 7.29. The summed E-state index contributed by atoms with van der Waals surface area (Å²) < 4.78 is 11.0. The molecule has 88 valence electrons. The van der Waals surface area contributed by atoms with E-state index in [4.69, 9.17) is 21.1 Å². The van der Waals surface area contributed by atoms with Crippen LogP contribution in [0.4, 0.5) is 0 Å². The van der Waals surface area contributed by atoms with E-state index in [9.17, 15) is 0 Å². The number of hydrogen-bond acceptors (Lipinski definition) is 3. The molecule has 15 heavy (non-hydrogen) atoms. The van der Waals surface area contributed by atoms with Crippen LogP contribution in [0, 0.1) is 5.92 Å². The molecule has 0 aromatic carbocycles. The molecule has 3 nitrogen and oxygen atoms in total. The molecule has 0 spiro atoms. The number of ether oxygens (including phenoxy) is 2. The zero-order valence-electron chi connectivity index (χ0n) is 9.32. The van der Waals surface area contributed by atoms with Gasteiger partial charge in [0.05, 0.1) is 19.3 Å². The van der Waals surface area contributed by atoms with Crippen LogP contribution in [0.15, 0.2) is 0 Å². The Morgan fingerprint density at radius 3 is 2.93 bits per heavy atom. The molecule has 0 bridgehead atoms. The Hall–Kier alpha value is 0.170. The van der Waals surface area contributed by atoms with E-state index in [2.05, 4.69) is 11.8 Å². The molecule has 0 aromatic rings. The molecule has 2 rings (SSSR count). The van der Waals surface area contributed by atoms with E-state index in [0.717, 1.165) is 32.9 Å². The van der Waals surface area contributed by atoms with Gasteiger partial charge in [-0.15, -0.1) is 11.6 Å². The van der Waals surface area contributed by atoms with E-state index >= 15 is 0 Å². The number of hydrogen-bond donors (Lipinski definition) is 0. The van der Waals surface area contributed by atoms with Gasteiger partial charge in [0.2, 0.25) is 0 Å². The first kappa shape index (κ1) is 11.6. The van der Waals surface area contributed by atoms with Crippen LogP contribution in [-0.2, 0) is 9.47 Å². The third kappa shape index (κ3) is 3.06. The monoisotopic (exact) mass is 233 g/mol. The lowest BCUT2D eigenvalue weighted by Crippen LogP contribution is -2.50. The lowest BCUT2D eigenvalue weighted by atomic mass is 10.1. The molecule has 2 aliphatic heterocycles. The third-order valence-electron chi connectivity index (χ3n) is 3.32. The quantitative estimate of drug-likeness (QED) is 0.687. The van der Waals surface area contributed by atoms with Gasteiger partial charge in [0.1, 0.15) is 0 Å². The van der Waals surface area contributed by atoms with Crippen molar-refractivity contribution in [3.63, 3.8) is 0 Å². The van der Waals surface area contributed by atoms with Gasteiger partial charge in [0.25, 0.3) is 0 Å². The lowest BCUT2D eigenvalue weighted by molar-refractivity contribution is -0.0528. The molecule has 2 saturated heterocycles. The second-order valence-corrected chi connectivity index (χ2v) is 4.95. The Bertz CT molecular complexity index is 197. The first-order valence-corrected chi connectivity index (χ1v) is 6.32. The van der Waals surface area contributed by atoms with E-state index in [1.165, 1.54) is 6.42 Å².